The summed E-state index contributed by atoms with van der Waals surface area (Å²) < 4.78 is 5.26. The summed E-state index contributed by atoms with van der Waals surface area (Å²) in [6.45, 7) is 1.51. The highest BCUT2D eigenvalue weighted by atomic mass is 35.5. The van der Waals surface area contributed by atoms with E-state index in [-0.39, 0.29) is 17.3 Å². The van der Waals surface area contributed by atoms with E-state index >= 15 is 0 Å². The lowest BCUT2D eigenvalue weighted by Gasteiger charge is -2.13. The first-order valence-electron chi connectivity index (χ1n) is 8.91. The number of esters is 1. The Hall–Kier alpha value is -3.44. The van der Waals surface area contributed by atoms with Gasteiger partial charge in [-0.25, -0.2) is 4.79 Å². The maximum Gasteiger partial charge on any atom is 0.338 e. The van der Waals surface area contributed by atoms with E-state index in [0.717, 1.165) is 0 Å². The molecule has 3 rings (SSSR count). The van der Waals surface area contributed by atoms with Crippen LogP contribution in [-0.4, -0.2) is 23.8 Å². The zero-order valence-corrected chi connectivity index (χ0v) is 16.3. The van der Waals surface area contributed by atoms with E-state index < -0.39 is 12.1 Å². The van der Waals surface area contributed by atoms with Crippen molar-refractivity contribution in [3.05, 3.63) is 101 Å². The van der Waals surface area contributed by atoms with E-state index in [0.29, 0.717) is 21.8 Å². The van der Waals surface area contributed by atoms with Gasteiger partial charge in [0.25, 0.3) is 5.91 Å². The number of benzene rings is 3. The quantitative estimate of drug-likeness (QED) is 0.460. The van der Waals surface area contributed by atoms with Crippen LogP contribution in [0.2, 0.25) is 5.02 Å². The van der Waals surface area contributed by atoms with Gasteiger partial charge in [0.15, 0.2) is 6.10 Å². The smallest absolute Gasteiger partial charge is 0.338 e. The van der Waals surface area contributed by atoms with Gasteiger partial charge in [0.1, 0.15) is 0 Å². The summed E-state index contributed by atoms with van der Waals surface area (Å²) in [5, 5.41) is 3.19. The summed E-state index contributed by atoms with van der Waals surface area (Å²) in [4.78, 5) is 36.9. The Kier molecular flexibility index (Phi) is 6.42. The molecule has 29 heavy (non-hydrogen) atoms. The number of rotatable bonds is 6. The molecule has 0 fully saturated rings. The lowest BCUT2D eigenvalue weighted by Crippen LogP contribution is -2.24. The number of halogens is 1. The maximum absolute atomic E-state index is 12.4. The molecule has 1 unspecified atom stereocenters. The molecule has 1 N–H and O–H groups in total. The van der Waals surface area contributed by atoms with Gasteiger partial charge in [-0.15, -0.1) is 0 Å². The Labute approximate surface area is 173 Å². The largest absolute Gasteiger partial charge is 0.451 e. The highest BCUT2D eigenvalue weighted by Crippen LogP contribution is 2.16. The second-order valence-corrected chi connectivity index (χ2v) is 6.76. The van der Waals surface area contributed by atoms with Crippen LogP contribution in [0, 0.1) is 0 Å². The van der Waals surface area contributed by atoms with Gasteiger partial charge in [0.05, 0.1) is 5.56 Å². The second kappa shape index (κ2) is 9.17. The Morgan fingerprint density at radius 1 is 0.828 bits per heavy atom. The number of hydrogen-bond donors (Lipinski definition) is 1. The maximum atomic E-state index is 12.4. The van der Waals surface area contributed by atoms with Gasteiger partial charge < -0.3 is 10.1 Å². The zero-order valence-electron chi connectivity index (χ0n) is 15.6. The molecule has 146 valence electrons. The third kappa shape index (κ3) is 5.30. The van der Waals surface area contributed by atoms with Crippen molar-refractivity contribution in [1.29, 1.82) is 0 Å². The SMILES string of the molecule is CC(OC(=O)c1ccc(NC(=O)c2ccccc2)cc1)C(=O)c1cccc(Cl)c1. The molecule has 6 heteroatoms. The first-order chi connectivity index (χ1) is 13.9. The van der Waals surface area contributed by atoms with Gasteiger partial charge in [0.2, 0.25) is 5.78 Å². The van der Waals surface area contributed by atoms with Crippen LogP contribution in [0.3, 0.4) is 0 Å². The molecule has 5 nitrogen and oxygen atoms in total. The standard InChI is InChI=1S/C23H18ClNO4/c1-15(21(26)18-8-5-9-19(24)14-18)29-23(28)17-10-12-20(13-11-17)25-22(27)16-6-3-2-4-7-16/h2-15H,1H3,(H,25,27). The van der Waals surface area contributed by atoms with Crippen LogP contribution in [0.15, 0.2) is 78.9 Å². The third-order valence-electron chi connectivity index (χ3n) is 4.18. The summed E-state index contributed by atoms with van der Waals surface area (Å²) >= 11 is 5.90. The van der Waals surface area contributed by atoms with Crippen molar-refractivity contribution < 1.29 is 19.1 Å². The van der Waals surface area contributed by atoms with Crippen molar-refractivity contribution in [3.63, 3.8) is 0 Å². The average Bonchev–Trinajstić information content (AvgIpc) is 2.74. The van der Waals surface area contributed by atoms with Gasteiger partial charge in [-0.1, -0.05) is 41.9 Å². The van der Waals surface area contributed by atoms with Crippen molar-refractivity contribution in [2.75, 3.05) is 5.32 Å². The summed E-state index contributed by atoms with van der Waals surface area (Å²) in [5.41, 5.74) is 1.72. The topological polar surface area (TPSA) is 72.5 Å². The van der Waals surface area contributed by atoms with E-state index in [1.54, 1.807) is 54.6 Å². The highest BCUT2D eigenvalue weighted by molar-refractivity contribution is 6.31. The second-order valence-electron chi connectivity index (χ2n) is 6.32. The van der Waals surface area contributed by atoms with E-state index in [1.165, 1.54) is 25.1 Å². The Morgan fingerprint density at radius 3 is 2.14 bits per heavy atom. The number of ketones is 1. The fraction of sp³-hybridized carbons (Fsp3) is 0.0870. The number of amides is 1. The molecule has 0 saturated heterocycles. The molecule has 0 bridgehead atoms. The average molecular weight is 408 g/mol. The lowest BCUT2D eigenvalue weighted by atomic mass is 10.1. The molecule has 0 heterocycles. The first kappa shape index (κ1) is 20.3. The molecule has 0 aromatic heterocycles. The van der Waals surface area contributed by atoms with Crippen LogP contribution in [-0.2, 0) is 4.74 Å². The lowest BCUT2D eigenvalue weighted by molar-refractivity contribution is 0.0319. The van der Waals surface area contributed by atoms with Crippen molar-refractivity contribution in [2.45, 2.75) is 13.0 Å². The van der Waals surface area contributed by atoms with Crippen LogP contribution in [0.4, 0.5) is 5.69 Å². The minimum atomic E-state index is -0.960. The predicted molar refractivity (Wildman–Crippen MR) is 111 cm³/mol. The van der Waals surface area contributed by atoms with Crippen molar-refractivity contribution in [2.24, 2.45) is 0 Å². The summed E-state index contributed by atoms with van der Waals surface area (Å²) in [6.07, 6.45) is -0.960. The van der Waals surface area contributed by atoms with Crippen LogP contribution < -0.4 is 5.32 Å². The first-order valence-corrected chi connectivity index (χ1v) is 9.29. The van der Waals surface area contributed by atoms with Crippen molar-refractivity contribution in [1.82, 2.24) is 0 Å². The predicted octanol–water partition coefficient (Wildman–Crippen LogP) is 5.02. The number of carbonyl (C=O) groups is 3. The Morgan fingerprint density at radius 2 is 1.48 bits per heavy atom. The fourth-order valence-corrected chi connectivity index (χ4v) is 2.83. The minimum Gasteiger partial charge on any atom is -0.451 e. The van der Waals surface area contributed by atoms with Crippen LogP contribution in [0.25, 0.3) is 0 Å². The van der Waals surface area contributed by atoms with Gasteiger partial charge in [0, 0.05) is 21.8 Å². The molecule has 0 saturated carbocycles. The van der Waals surface area contributed by atoms with E-state index in [9.17, 15) is 14.4 Å². The molecule has 1 atom stereocenters. The van der Waals surface area contributed by atoms with Crippen LogP contribution >= 0.6 is 11.6 Å². The van der Waals surface area contributed by atoms with E-state index in [4.69, 9.17) is 16.3 Å². The molecule has 0 aliphatic rings. The number of anilines is 1. The molecule has 0 aliphatic heterocycles. The number of ether oxygens (including phenoxy) is 1. The minimum absolute atomic E-state index is 0.248. The van der Waals surface area contributed by atoms with Crippen LogP contribution in [0.5, 0.6) is 0 Å². The highest BCUT2D eigenvalue weighted by Gasteiger charge is 2.20. The molecular weight excluding hydrogens is 390 g/mol. The van der Waals surface area contributed by atoms with Gasteiger partial charge in [-0.2, -0.15) is 0 Å². The molecule has 3 aromatic carbocycles. The fourth-order valence-electron chi connectivity index (χ4n) is 2.64. The Balaban J connectivity index is 1.61. The van der Waals surface area contributed by atoms with Gasteiger partial charge in [-0.3, -0.25) is 9.59 Å². The molecular formula is C23H18ClNO4. The van der Waals surface area contributed by atoms with Crippen molar-refractivity contribution in [3.8, 4) is 0 Å². The third-order valence-corrected chi connectivity index (χ3v) is 4.41. The zero-order chi connectivity index (χ0) is 20.8. The van der Waals surface area contributed by atoms with Gasteiger partial charge in [-0.05, 0) is 55.5 Å². The van der Waals surface area contributed by atoms with E-state index in [1.807, 2.05) is 6.07 Å². The number of nitrogens with one attached hydrogen (secondary N) is 1. The number of Topliss-reactive ketones (excluding diaryl/α,β-unsaturated/α-hetero) is 1. The molecule has 0 radical (unpaired) electrons. The summed E-state index contributed by atoms with van der Waals surface area (Å²) in [6, 6.07) is 21.5. The van der Waals surface area contributed by atoms with Gasteiger partial charge >= 0.3 is 5.97 Å². The monoisotopic (exact) mass is 407 g/mol. The summed E-state index contributed by atoms with van der Waals surface area (Å²) in [5.74, 6) is -1.22. The van der Waals surface area contributed by atoms with Crippen LogP contribution in [0.1, 0.15) is 38.0 Å². The number of carbonyl (C=O) groups excluding carboxylic acids is 3. The Bertz CT molecular complexity index is 1030. The molecule has 0 aliphatic carbocycles. The molecule has 3 aromatic rings. The summed E-state index contributed by atoms with van der Waals surface area (Å²) in [7, 11) is 0. The van der Waals surface area contributed by atoms with Crippen molar-refractivity contribution >= 4 is 34.9 Å². The number of hydrogen-bond acceptors (Lipinski definition) is 4. The van der Waals surface area contributed by atoms with E-state index in [2.05, 4.69) is 5.32 Å². The molecule has 0 spiro atoms. The molecule has 1 amide bonds. The normalized spacial score (nSPS) is 11.4.